The van der Waals surface area contributed by atoms with Crippen LogP contribution in [0.1, 0.15) is 117 Å². The molecular weight excluding hydrogens is 630 g/mol. The molecule has 284 valence electrons. The number of nitrogens with one attached hydrogen (secondary N) is 1. The highest BCUT2D eigenvalue weighted by molar-refractivity contribution is 5.76. The van der Waals surface area contributed by atoms with Gasteiger partial charge in [-0.3, -0.25) is 4.79 Å². The van der Waals surface area contributed by atoms with Crippen molar-refractivity contribution in [2.45, 2.75) is 190 Å². The van der Waals surface area contributed by atoms with Crippen LogP contribution in [0.3, 0.4) is 0 Å². The van der Waals surface area contributed by atoms with Crippen molar-refractivity contribution < 1.29 is 64.6 Å². The number of hydrogen-bond acceptors (Lipinski definition) is 13. The van der Waals surface area contributed by atoms with Gasteiger partial charge in [0.1, 0.15) is 48.8 Å². The molecule has 0 aliphatic carbocycles. The number of carbonyl (C=O) groups excluding carboxylic acids is 1. The molecule has 14 nitrogen and oxygen atoms in total. The zero-order chi connectivity index (χ0) is 35.5. The van der Waals surface area contributed by atoms with Gasteiger partial charge < -0.3 is 65.1 Å². The smallest absolute Gasteiger partial charge is 0.220 e. The van der Waals surface area contributed by atoms with Crippen molar-refractivity contribution in [3.63, 3.8) is 0 Å². The molecule has 0 aromatic carbocycles. The lowest BCUT2D eigenvalue weighted by molar-refractivity contribution is -0.359. The van der Waals surface area contributed by atoms with Crippen LogP contribution in [-0.4, -0.2) is 140 Å². The summed E-state index contributed by atoms with van der Waals surface area (Å²) < 4.78 is 22.5. The first-order valence-electron chi connectivity index (χ1n) is 18.3. The molecule has 2 fully saturated rings. The Hall–Kier alpha value is -1.01. The summed E-state index contributed by atoms with van der Waals surface area (Å²) in [6.45, 7) is 2.68. The second kappa shape index (κ2) is 24.2. The summed E-state index contributed by atoms with van der Waals surface area (Å²) in [6.07, 6.45) is -0.972. The van der Waals surface area contributed by atoms with E-state index in [0.29, 0.717) is 12.8 Å². The molecule has 12 unspecified atom stereocenters. The van der Waals surface area contributed by atoms with Crippen LogP contribution in [0, 0.1) is 0 Å². The molecule has 2 aliphatic rings. The van der Waals surface area contributed by atoms with Gasteiger partial charge in [0.2, 0.25) is 5.91 Å². The fraction of sp³-hybridized carbons (Fsp3) is 0.971. The van der Waals surface area contributed by atoms with Crippen LogP contribution >= 0.6 is 0 Å². The van der Waals surface area contributed by atoms with E-state index in [0.717, 1.165) is 64.2 Å². The summed E-state index contributed by atoms with van der Waals surface area (Å²) in [4.78, 5) is 12.8. The molecule has 9 N–H and O–H groups in total. The Bertz CT molecular complexity index is 837. The third-order valence-corrected chi connectivity index (χ3v) is 9.32. The third kappa shape index (κ3) is 14.3. The molecule has 2 aliphatic heterocycles. The highest BCUT2D eigenvalue weighted by Crippen LogP contribution is 2.30. The Morgan fingerprint density at radius 3 is 1.77 bits per heavy atom. The maximum absolute atomic E-state index is 12.8. The molecule has 2 saturated heterocycles. The average molecular weight is 696 g/mol. The molecular formula is C34H65NO13. The summed E-state index contributed by atoms with van der Waals surface area (Å²) in [5.74, 6) is -0.222. The lowest BCUT2D eigenvalue weighted by atomic mass is 9.97. The first kappa shape index (κ1) is 43.2. The number of hydrogen-bond donors (Lipinski definition) is 9. The standard InChI is InChI=1S/C34H65NO13/c1-3-5-7-9-11-12-13-15-17-23(38)22(35-26(39)18-16-14-10-8-6-4-2)21-45-33-31(44)29(42)32(25(20-37)47-33)48-34-30(43)28(41)27(40)24(19-36)46-34/h22-25,27-34,36-38,40-44H,3-21H2,1-2H3,(H,35,39). The van der Waals surface area contributed by atoms with E-state index in [9.17, 15) is 45.6 Å². The van der Waals surface area contributed by atoms with Gasteiger partial charge in [-0.05, 0) is 12.8 Å². The van der Waals surface area contributed by atoms with E-state index in [-0.39, 0.29) is 12.5 Å². The maximum Gasteiger partial charge on any atom is 0.220 e. The first-order valence-corrected chi connectivity index (χ1v) is 18.3. The van der Waals surface area contributed by atoms with Crippen LogP contribution in [-0.2, 0) is 23.7 Å². The second-order valence-corrected chi connectivity index (χ2v) is 13.4. The fourth-order valence-electron chi connectivity index (χ4n) is 6.17. The topological polar surface area (TPSA) is 228 Å². The maximum atomic E-state index is 12.8. The lowest BCUT2D eigenvalue weighted by Crippen LogP contribution is -2.65. The number of aliphatic hydroxyl groups is 8. The minimum Gasteiger partial charge on any atom is -0.394 e. The van der Waals surface area contributed by atoms with E-state index >= 15 is 0 Å². The monoisotopic (exact) mass is 695 g/mol. The van der Waals surface area contributed by atoms with E-state index in [1.54, 1.807) is 0 Å². The number of carbonyl (C=O) groups is 1. The van der Waals surface area contributed by atoms with E-state index in [4.69, 9.17) is 18.9 Å². The quantitative estimate of drug-likeness (QED) is 0.0602. The second-order valence-electron chi connectivity index (χ2n) is 13.4. The predicted octanol–water partition coefficient (Wildman–Crippen LogP) is 0.754. The number of rotatable bonds is 25. The molecule has 12 atom stereocenters. The van der Waals surface area contributed by atoms with Crippen LogP contribution in [0.15, 0.2) is 0 Å². The van der Waals surface area contributed by atoms with Gasteiger partial charge in [-0.1, -0.05) is 97.3 Å². The van der Waals surface area contributed by atoms with Crippen molar-refractivity contribution in [2.24, 2.45) is 0 Å². The Morgan fingerprint density at radius 2 is 1.19 bits per heavy atom. The highest BCUT2D eigenvalue weighted by atomic mass is 16.7. The largest absolute Gasteiger partial charge is 0.394 e. The van der Waals surface area contributed by atoms with Crippen LogP contribution in [0.2, 0.25) is 0 Å². The van der Waals surface area contributed by atoms with Gasteiger partial charge in [-0.15, -0.1) is 0 Å². The van der Waals surface area contributed by atoms with E-state index < -0.39 is 86.8 Å². The zero-order valence-electron chi connectivity index (χ0n) is 29.0. The summed E-state index contributed by atoms with van der Waals surface area (Å²) in [5.41, 5.74) is 0. The van der Waals surface area contributed by atoms with Crippen LogP contribution in [0.5, 0.6) is 0 Å². The molecule has 1 amide bonds. The molecule has 14 heteroatoms. The van der Waals surface area contributed by atoms with Gasteiger partial charge >= 0.3 is 0 Å². The molecule has 0 bridgehead atoms. The van der Waals surface area contributed by atoms with Gasteiger partial charge in [0.25, 0.3) is 0 Å². The van der Waals surface area contributed by atoms with Gasteiger partial charge in [-0.2, -0.15) is 0 Å². The Kier molecular flexibility index (Phi) is 21.8. The number of aliphatic hydroxyl groups excluding tert-OH is 8. The normalized spacial score (nSPS) is 32.2. The Labute approximate surface area is 285 Å². The van der Waals surface area contributed by atoms with E-state index in [2.05, 4.69) is 19.2 Å². The molecule has 48 heavy (non-hydrogen) atoms. The fourth-order valence-corrected chi connectivity index (χ4v) is 6.17. The summed E-state index contributed by atoms with van der Waals surface area (Å²) in [5, 5.41) is 85.7. The molecule has 0 saturated carbocycles. The minimum atomic E-state index is -1.77. The van der Waals surface area contributed by atoms with Crippen LogP contribution < -0.4 is 5.32 Å². The summed E-state index contributed by atoms with van der Waals surface area (Å²) >= 11 is 0. The number of amides is 1. The van der Waals surface area contributed by atoms with E-state index in [1.165, 1.54) is 25.7 Å². The van der Waals surface area contributed by atoms with Crippen molar-refractivity contribution in [2.75, 3.05) is 19.8 Å². The predicted molar refractivity (Wildman–Crippen MR) is 176 cm³/mol. The van der Waals surface area contributed by atoms with Gasteiger partial charge in [0.05, 0.1) is 32.0 Å². The average Bonchev–Trinajstić information content (AvgIpc) is 3.08. The van der Waals surface area contributed by atoms with Crippen molar-refractivity contribution in [3.05, 3.63) is 0 Å². The number of unbranched alkanes of at least 4 members (excludes halogenated alkanes) is 12. The molecule has 0 radical (unpaired) electrons. The van der Waals surface area contributed by atoms with Crippen molar-refractivity contribution in [3.8, 4) is 0 Å². The Morgan fingerprint density at radius 1 is 0.667 bits per heavy atom. The highest BCUT2D eigenvalue weighted by Gasteiger charge is 2.50. The summed E-state index contributed by atoms with van der Waals surface area (Å²) in [6, 6.07) is -0.814. The third-order valence-electron chi connectivity index (χ3n) is 9.32. The zero-order valence-corrected chi connectivity index (χ0v) is 29.0. The summed E-state index contributed by atoms with van der Waals surface area (Å²) in [7, 11) is 0. The van der Waals surface area contributed by atoms with Crippen molar-refractivity contribution >= 4 is 5.91 Å². The van der Waals surface area contributed by atoms with Gasteiger partial charge in [0.15, 0.2) is 12.6 Å². The van der Waals surface area contributed by atoms with Gasteiger partial charge in [0, 0.05) is 6.42 Å². The first-order chi connectivity index (χ1) is 23.1. The SMILES string of the molecule is CCCCCCCCCCC(O)C(COC1OC(CO)C(OC2OC(CO)C(O)C(O)C2O)C(O)C1O)NC(=O)CCCCCCCC. The molecule has 0 aromatic rings. The van der Waals surface area contributed by atoms with Crippen molar-refractivity contribution in [1.82, 2.24) is 5.32 Å². The molecule has 0 aromatic heterocycles. The van der Waals surface area contributed by atoms with E-state index in [1.807, 2.05) is 0 Å². The van der Waals surface area contributed by atoms with Crippen molar-refractivity contribution in [1.29, 1.82) is 0 Å². The van der Waals surface area contributed by atoms with Gasteiger partial charge in [-0.25, -0.2) is 0 Å². The minimum absolute atomic E-state index is 0.222. The molecule has 0 spiro atoms. The lowest BCUT2D eigenvalue weighted by Gasteiger charge is -2.46. The Balaban J connectivity index is 1.98. The van der Waals surface area contributed by atoms with Crippen LogP contribution in [0.4, 0.5) is 0 Å². The number of ether oxygens (including phenoxy) is 4. The van der Waals surface area contributed by atoms with Crippen LogP contribution in [0.25, 0.3) is 0 Å². The molecule has 2 rings (SSSR count). The molecule has 2 heterocycles.